The second-order valence-electron chi connectivity index (χ2n) is 7.89. The molecule has 0 bridgehead atoms. The molecule has 27 heavy (non-hydrogen) atoms. The summed E-state index contributed by atoms with van der Waals surface area (Å²) in [7, 11) is 0. The molecule has 0 radical (unpaired) electrons. The van der Waals surface area contributed by atoms with E-state index in [0.29, 0.717) is 18.1 Å². The average molecular weight is 369 g/mol. The molecule has 0 unspecified atom stereocenters. The number of carbonyl (C=O) groups excluding carboxylic acids is 1. The highest BCUT2D eigenvalue weighted by Crippen LogP contribution is 2.41. The number of carbonyl (C=O) groups is 1. The Morgan fingerprint density at radius 3 is 2.48 bits per heavy atom. The fraction of sp³-hybridized carbons (Fsp3) is 0.476. The van der Waals surface area contributed by atoms with Gasteiger partial charge in [0.2, 0.25) is 5.90 Å². The van der Waals surface area contributed by atoms with Gasteiger partial charge in [-0.05, 0) is 59.2 Å². The van der Waals surface area contributed by atoms with Gasteiger partial charge in [0.1, 0.15) is 6.61 Å². The normalized spacial score (nSPS) is 21.7. The van der Waals surface area contributed by atoms with Crippen molar-refractivity contribution in [2.75, 3.05) is 6.61 Å². The highest BCUT2D eigenvalue weighted by Gasteiger charge is 2.40. The van der Waals surface area contributed by atoms with E-state index in [0.717, 1.165) is 22.5 Å². The molecule has 0 amide bonds. The first-order chi connectivity index (χ1) is 12.7. The van der Waals surface area contributed by atoms with E-state index in [4.69, 9.17) is 14.5 Å². The third kappa shape index (κ3) is 3.89. The first-order valence-corrected chi connectivity index (χ1v) is 9.22. The second kappa shape index (κ2) is 7.18. The summed E-state index contributed by atoms with van der Waals surface area (Å²) in [5.41, 5.74) is 3.81. The number of dihydropyridines is 1. The van der Waals surface area contributed by atoms with E-state index in [2.05, 4.69) is 10.3 Å². The van der Waals surface area contributed by atoms with Gasteiger partial charge < -0.3 is 14.8 Å². The quantitative estimate of drug-likeness (QED) is 0.823. The van der Waals surface area contributed by atoms with Crippen molar-refractivity contribution in [2.24, 2.45) is 4.99 Å². The zero-order valence-corrected chi connectivity index (χ0v) is 16.8. The van der Waals surface area contributed by atoms with E-state index in [1.54, 1.807) is 12.4 Å². The van der Waals surface area contributed by atoms with Crippen LogP contribution in [-0.4, -0.2) is 35.1 Å². The summed E-state index contributed by atoms with van der Waals surface area (Å²) >= 11 is 0. The summed E-state index contributed by atoms with van der Waals surface area (Å²) in [5, 5.41) is 3.32. The fourth-order valence-corrected chi connectivity index (χ4v) is 3.44. The predicted molar refractivity (Wildman–Crippen MR) is 104 cm³/mol. The van der Waals surface area contributed by atoms with Crippen LogP contribution in [0.5, 0.6) is 0 Å². The zero-order chi connectivity index (χ0) is 19.8. The monoisotopic (exact) mass is 369 g/mol. The minimum absolute atomic E-state index is 0.203. The highest BCUT2D eigenvalue weighted by molar-refractivity contribution is 6.02. The lowest BCUT2D eigenvalue weighted by molar-refractivity contribution is -0.143. The lowest BCUT2D eigenvalue weighted by Crippen LogP contribution is -2.32. The average Bonchev–Trinajstić information content (AvgIpc) is 2.93. The molecule has 144 valence electrons. The van der Waals surface area contributed by atoms with Crippen LogP contribution in [0.15, 0.2) is 52.1 Å². The van der Waals surface area contributed by atoms with Crippen molar-refractivity contribution < 1.29 is 14.3 Å². The molecule has 6 nitrogen and oxygen atoms in total. The Bertz CT molecular complexity index is 835. The molecular weight excluding hydrogens is 342 g/mol. The third-order valence-corrected chi connectivity index (χ3v) is 4.56. The molecule has 0 aliphatic carbocycles. The van der Waals surface area contributed by atoms with Crippen LogP contribution >= 0.6 is 0 Å². The van der Waals surface area contributed by atoms with Crippen LogP contribution in [0.25, 0.3) is 0 Å². The summed E-state index contributed by atoms with van der Waals surface area (Å²) in [6, 6.07) is 3.83. The number of nitrogens with one attached hydrogen (secondary N) is 1. The fourth-order valence-electron chi connectivity index (χ4n) is 3.44. The van der Waals surface area contributed by atoms with E-state index in [9.17, 15) is 4.79 Å². The predicted octanol–water partition coefficient (Wildman–Crippen LogP) is 3.48. The molecule has 1 aromatic heterocycles. The summed E-state index contributed by atoms with van der Waals surface area (Å²) in [6.45, 7) is 12.1. The Kier molecular flexibility index (Phi) is 5.09. The molecule has 3 heterocycles. The van der Waals surface area contributed by atoms with E-state index < -0.39 is 0 Å². The summed E-state index contributed by atoms with van der Waals surface area (Å²) in [5.74, 6) is -0.0815. The molecule has 3 rings (SSSR count). The maximum atomic E-state index is 13.0. The lowest BCUT2D eigenvalue weighted by atomic mass is 9.80. The van der Waals surface area contributed by atoms with Gasteiger partial charge in [-0.3, -0.25) is 4.98 Å². The number of esters is 1. The molecule has 6 heteroatoms. The van der Waals surface area contributed by atoms with Gasteiger partial charge in [0, 0.05) is 29.4 Å². The van der Waals surface area contributed by atoms with E-state index >= 15 is 0 Å². The van der Waals surface area contributed by atoms with Crippen molar-refractivity contribution in [3.63, 3.8) is 0 Å². The summed E-state index contributed by atoms with van der Waals surface area (Å²) < 4.78 is 11.5. The van der Waals surface area contributed by atoms with Crippen LogP contribution in [0.4, 0.5) is 0 Å². The van der Waals surface area contributed by atoms with E-state index in [-0.39, 0.29) is 23.5 Å². The molecule has 1 N–H and O–H groups in total. The van der Waals surface area contributed by atoms with Gasteiger partial charge in [0.25, 0.3) is 0 Å². The van der Waals surface area contributed by atoms with Crippen LogP contribution in [0.3, 0.4) is 0 Å². The third-order valence-electron chi connectivity index (χ3n) is 4.56. The molecule has 0 saturated carbocycles. The SMILES string of the molecule is CC1=C(C(=O)OC(C)C)[C@@H](c2ccncc2)C(C2=NC(C)(C)CO2)=C(C)N1. The van der Waals surface area contributed by atoms with Gasteiger partial charge in [-0.15, -0.1) is 0 Å². The molecule has 1 atom stereocenters. The van der Waals surface area contributed by atoms with Crippen molar-refractivity contribution in [2.45, 2.75) is 59.1 Å². The van der Waals surface area contributed by atoms with Crippen LogP contribution in [-0.2, 0) is 14.3 Å². The minimum atomic E-state index is -0.334. The number of allylic oxidation sites excluding steroid dienone is 2. The Morgan fingerprint density at radius 1 is 1.26 bits per heavy atom. The van der Waals surface area contributed by atoms with Gasteiger partial charge in [0.15, 0.2) is 0 Å². The standard InChI is InChI=1S/C21H27N3O3/c1-12(2)27-20(25)17-14(4)23-13(3)16(19-24-21(5,6)11-26-19)18(17)15-7-9-22-10-8-15/h7-10,12,18,23H,11H2,1-6H3/t18-/m0/s1. The smallest absolute Gasteiger partial charge is 0.337 e. The topological polar surface area (TPSA) is 72.8 Å². The molecule has 1 aromatic rings. The van der Waals surface area contributed by atoms with Crippen LogP contribution in [0.2, 0.25) is 0 Å². The Labute approximate surface area is 160 Å². The Hall–Kier alpha value is -2.63. The number of ether oxygens (including phenoxy) is 2. The van der Waals surface area contributed by atoms with Gasteiger partial charge in [-0.25, -0.2) is 9.79 Å². The molecule has 0 fully saturated rings. The molecule has 0 spiro atoms. The number of aromatic nitrogens is 1. The lowest BCUT2D eigenvalue weighted by Gasteiger charge is -2.31. The summed E-state index contributed by atoms with van der Waals surface area (Å²) in [6.07, 6.45) is 3.25. The number of rotatable bonds is 4. The van der Waals surface area contributed by atoms with Crippen molar-refractivity contribution in [3.8, 4) is 0 Å². The van der Waals surface area contributed by atoms with Crippen LogP contribution in [0, 0.1) is 0 Å². The van der Waals surface area contributed by atoms with Crippen molar-refractivity contribution >= 4 is 11.9 Å². The molecule has 0 aromatic carbocycles. The van der Waals surface area contributed by atoms with Crippen molar-refractivity contribution in [3.05, 3.63) is 52.6 Å². The van der Waals surface area contributed by atoms with Gasteiger partial charge in [-0.1, -0.05) is 0 Å². The van der Waals surface area contributed by atoms with Crippen LogP contribution in [0.1, 0.15) is 53.0 Å². The van der Waals surface area contributed by atoms with Gasteiger partial charge in [0.05, 0.1) is 23.1 Å². The Balaban J connectivity index is 2.14. The number of hydrogen-bond acceptors (Lipinski definition) is 6. The largest absolute Gasteiger partial charge is 0.475 e. The second-order valence-corrected chi connectivity index (χ2v) is 7.89. The zero-order valence-electron chi connectivity index (χ0n) is 16.8. The first kappa shape index (κ1) is 19.1. The summed E-state index contributed by atoms with van der Waals surface area (Å²) in [4.78, 5) is 21.8. The maximum Gasteiger partial charge on any atom is 0.337 e. The number of nitrogens with zero attached hydrogens (tertiary/aromatic N) is 2. The number of pyridine rings is 1. The van der Waals surface area contributed by atoms with Crippen molar-refractivity contribution in [1.82, 2.24) is 10.3 Å². The minimum Gasteiger partial charge on any atom is -0.475 e. The van der Waals surface area contributed by atoms with Crippen LogP contribution < -0.4 is 5.32 Å². The molecule has 2 aliphatic rings. The van der Waals surface area contributed by atoms with Gasteiger partial charge in [-0.2, -0.15) is 0 Å². The molecule has 2 aliphatic heterocycles. The first-order valence-electron chi connectivity index (χ1n) is 9.22. The number of hydrogen-bond donors (Lipinski definition) is 1. The van der Waals surface area contributed by atoms with E-state index in [1.165, 1.54) is 0 Å². The van der Waals surface area contributed by atoms with Gasteiger partial charge >= 0.3 is 5.97 Å². The molecule has 0 saturated heterocycles. The number of aliphatic imine (C=N–C) groups is 1. The van der Waals surface area contributed by atoms with E-state index in [1.807, 2.05) is 53.7 Å². The van der Waals surface area contributed by atoms with Crippen molar-refractivity contribution in [1.29, 1.82) is 0 Å². The molecular formula is C21H27N3O3. The maximum absolute atomic E-state index is 13.0. The Morgan fingerprint density at radius 2 is 1.93 bits per heavy atom. The highest BCUT2D eigenvalue weighted by atomic mass is 16.5.